The van der Waals surface area contributed by atoms with Gasteiger partial charge in [-0.1, -0.05) is 36.2 Å². The van der Waals surface area contributed by atoms with E-state index in [1.54, 1.807) is 18.1 Å². The third-order valence-corrected chi connectivity index (χ3v) is 7.54. The van der Waals surface area contributed by atoms with Crippen molar-refractivity contribution in [1.29, 1.82) is 0 Å². The van der Waals surface area contributed by atoms with E-state index in [4.69, 9.17) is 22.1 Å². The van der Waals surface area contributed by atoms with Gasteiger partial charge in [-0.05, 0) is 24.5 Å². The van der Waals surface area contributed by atoms with Crippen LogP contribution in [0.5, 0.6) is 5.75 Å². The number of piperidine rings is 1. The molecule has 2 aliphatic rings. The number of anilines is 1. The van der Waals surface area contributed by atoms with Gasteiger partial charge < -0.3 is 25.0 Å². The van der Waals surface area contributed by atoms with E-state index in [2.05, 4.69) is 33.3 Å². The summed E-state index contributed by atoms with van der Waals surface area (Å²) in [5.41, 5.74) is 9.28. The maximum atomic E-state index is 11.9. The second kappa shape index (κ2) is 10.1. The number of hydrogen-bond acceptors (Lipinski definition) is 7. The van der Waals surface area contributed by atoms with Crippen LogP contribution in [-0.4, -0.2) is 80.8 Å². The van der Waals surface area contributed by atoms with Crippen LogP contribution < -0.4 is 10.5 Å². The summed E-state index contributed by atoms with van der Waals surface area (Å²) in [6, 6.07) is 5.58. The lowest BCUT2D eigenvalue weighted by Gasteiger charge is -2.47. The molecule has 5 rings (SSSR count). The molecule has 0 spiro atoms. The van der Waals surface area contributed by atoms with Crippen LogP contribution in [0.15, 0.2) is 37.2 Å². The fourth-order valence-electron chi connectivity index (χ4n) is 5.32. The second-order valence-corrected chi connectivity index (χ2v) is 9.80. The minimum Gasteiger partial charge on any atom is -0.495 e. The molecule has 37 heavy (non-hydrogen) atoms. The molecule has 4 heterocycles. The number of nitrogens with two attached hydrogens (primary N) is 1. The molecule has 1 aromatic carbocycles. The molecule has 0 radical (unpaired) electrons. The standard InChI is InChI=1S/C27H29ClN6O3/c1-4-22(36)33-11-10-19(21(35)14-33)34-12-16(13-34)8-9-20-23(17-6-5-7-18(28)25(17)37-3)24-26(29)30-15-31-27(24)32(20)2/h4-7,15-16,19,21,35H,1,10-14H2,2-3H3,(H2,29,30,31)/t19-,21+/m0/s1. The van der Waals surface area contributed by atoms with E-state index in [0.717, 1.165) is 36.3 Å². The number of aromatic nitrogens is 3. The van der Waals surface area contributed by atoms with Crippen LogP contribution in [0.1, 0.15) is 12.1 Å². The number of aliphatic hydroxyl groups excluding tert-OH is 1. The van der Waals surface area contributed by atoms with Crippen molar-refractivity contribution in [2.75, 3.05) is 39.0 Å². The van der Waals surface area contributed by atoms with Crippen LogP contribution in [0.3, 0.4) is 0 Å². The summed E-state index contributed by atoms with van der Waals surface area (Å²) in [5, 5.41) is 11.8. The summed E-state index contributed by atoms with van der Waals surface area (Å²) in [4.78, 5) is 24.4. The molecule has 2 atom stereocenters. The zero-order chi connectivity index (χ0) is 26.3. The molecular weight excluding hydrogens is 492 g/mol. The van der Waals surface area contributed by atoms with Gasteiger partial charge in [0.2, 0.25) is 5.91 Å². The highest BCUT2D eigenvalue weighted by Gasteiger charge is 2.38. The summed E-state index contributed by atoms with van der Waals surface area (Å²) in [6.07, 6.45) is 2.87. The van der Waals surface area contributed by atoms with E-state index < -0.39 is 6.10 Å². The Bertz CT molecular complexity index is 1440. The first-order valence-corrected chi connectivity index (χ1v) is 12.5. The first kappa shape index (κ1) is 25.1. The van der Waals surface area contributed by atoms with Crippen molar-refractivity contribution < 1.29 is 14.6 Å². The Morgan fingerprint density at radius 2 is 2.11 bits per heavy atom. The number of aliphatic hydroxyl groups is 1. The van der Waals surface area contributed by atoms with Crippen molar-refractivity contribution in [1.82, 2.24) is 24.3 Å². The van der Waals surface area contributed by atoms with Gasteiger partial charge in [-0.3, -0.25) is 9.69 Å². The van der Waals surface area contributed by atoms with Crippen LogP contribution in [0.2, 0.25) is 5.02 Å². The Morgan fingerprint density at radius 3 is 2.81 bits per heavy atom. The lowest BCUT2D eigenvalue weighted by molar-refractivity contribution is -0.132. The average molecular weight is 521 g/mol. The van der Waals surface area contributed by atoms with Gasteiger partial charge in [-0.15, -0.1) is 0 Å². The average Bonchev–Trinajstić information content (AvgIpc) is 3.15. The number of fused-ring (bicyclic) bond motifs is 1. The summed E-state index contributed by atoms with van der Waals surface area (Å²) in [6.45, 7) is 5.98. The zero-order valence-corrected chi connectivity index (χ0v) is 21.6. The predicted octanol–water partition coefficient (Wildman–Crippen LogP) is 2.31. The fraction of sp³-hybridized carbons (Fsp3) is 0.370. The molecule has 0 bridgehead atoms. The number of β-amino-alcohol motifs (C(OH)–C–C–N with tert-alkyl or cyclic N) is 1. The SMILES string of the molecule is C=CC(=O)N1CC[C@H](N2CC(C#Cc3c(-c4cccc(Cl)c4OC)c4c(N)ncnc4n3C)C2)[C@H](O)C1. The molecule has 0 unspecified atom stereocenters. The van der Waals surface area contributed by atoms with Crippen molar-refractivity contribution in [3.63, 3.8) is 0 Å². The van der Waals surface area contributed by atoms with Crippen LogP contribution in [-0.2, 0) is 11.8 Å². The van der Waals surface area contributed by atoms with Crippen LogP contribution in [0.4, 0.5) is 5.82 Å². The Balaban J connectivity index is 1.42. The molecule has 0 aliphatic carbocycles. The Hall–Kier alpha value is -3.58. The van der Waals surface area contributed by atoms with Gasteiger partial charge in [-0.2, -0.15) is 0 Å². The third kappa shape index (κ3) is 4.42. The van der Waals surface area contributed by atoms with E-state index in [1.165, 1.54) is 12.4 Å². The number of para-hydroxylation sites is 1. The normalized spacial score (nSPS) is 20.3. The number of rotatable bonds is 4. The smallest absolute Gasteiger partial charge is 0.246 e. The van der Waals surface area contributed by atoms with E-state index in [1.807, 2.05) is 23.7 Å². The number of methoxy groups -OCH3 is 1. The van der Waals surface area contributed by atoms with Gasteiger partial charge in [-0.25, -0.2) is 9.97 Å². The van der Waals surface area contributed by atoms with Gasteiger partial charge in [0, 0.05) is 56.3 Å². The highest BCUT2D eigenvalue weighted by Crippen LogP contribution is 2.43. The number of nitrogen functional groups attached to an aromatic ring is 1. The lowest BCUT2D eigenvalue weighted by atomic mass is 9.91. The number of halogens is 1. The first-order chi connectivity index (χ1) is 17.8. The Kier molecular flexibility index (Phi) is 6.82. The molecule has 192 valence electrons. The fourth-order valence-corrected chi connectivity index (χ4v) is 5.57. The number of amides is 1. The Morgan fingerprint density at radius 1 is 1.32 bits per heavy atom. The summed E-state index contributed by atoms with van der Waals surface area (Å²) in [7, 11) is 3.48. The van der Waals surface area contributed by atoms with Gasteiger partial charge in [0.15, 0.2) is 0 Å². The molecule has 2 saturated heterocycles. The van der Waals surface area contributed by atoms with Gasteiger partial charge in [0.1, 0.15) is 29.2 Å². The maximum absolute atomic E-state index is 11.9. The van der Waals surface area contributed by atoms with Crippen molar-refractivity contribution in [2.24, 2.45) is 13.0 Å². The zero-order valence-electron chi connectivity index (χ0n) is 20.8. The first-order valence-electron chi connectivity index (χ1n) is 12.1. The lowest BCUT2D eigenvalue weighted by Crippen LogP contribution is -2.61. The minimum atomic E-state index is -0.590. The molecule has 2 aromatic heterocycles. The largest absolute Gasteiger partial charge is 0.495 e. The molecular formula is C27H29ClN6O3. The second-order valence-electron chi connectivity index (χ2n) is 9.39. The number of hydrogen-bond donors (Lipinski definition) is 2. The highest BCUT2D eigenvalue weighted by molar-refractivity contribution is 6.32. The molecule has 3 aromatic rings. The number of nitrogens with zero attached hydrogens (tertiary/aromatic N) is 5. The molecule has 3 N–H and O–H groups in total. The Labute approximate surface area is 220 Å². The molecule has 9 nitrogen and oxygen atoms in total. The number of aryl methyl sites for hydroxylation is 1. The molecule has 2 aliphatic heterocycles. The predicted molar refractivity (Wildman–Crippen MR) is 143 cm³/mol. The molecule has 2 fully saturated rings. The minimum absolute atomic E-state index is 0.0193. The van der Waals surface area contributed by atoms with Crippen LogP contribution in [0, 0.1) is 17.8 Å². The van der Waals surface area contributed by atoms with Crippen LogP contribution in [0.25, 0.3) is 22.2 Å². The van der Waals surface area contributed by atoms with Crippen molar-refractivity contribution in [3.05, 3.63) is 47.9 Å². The van der Waals surface area contributed by atoms with Crippen molar-refractivity contribution >= 4 is 34.4 Å². The van der Waals surface area contributed by atoms with Crippen molar-refractivity contribution in [2.45, 2.75) is 18.6 Å². The molecule has 10 heteroatoms. The number of carbonyl (C=O) groups is 1. The maximum Gasteiger partial charge on any atom is 0.246 e. The van der Waals surface area contributed by atoms with Gasteiger partial charge in [0.05, 0.1) is 23.6 Å². The summed E-state index contributed by atoms with van der Waals surface area (Å²) < 4.78 is 7.55. The molecule has 0 saturated carbocycles. The summed E-state index contributed by atoms with van der Waals surface area (Å²) in [5.74, 6) is 7.68. The van der Waals surface area contributed by atoms with Gasteiger partial charge in [0.25, 0.3) is 0 Å². The van der Waals surface area contributed by atoms with Crippen LogP contribution >= 0.6 is 11.6 Å². The number of benzene rings is 1. The van der Waals surface area contributed by atoms with Gasteiger partial charge >= 0.3 is 0 Å². The van der Waals surface area contributed by atoms with E-state index >= 15 is 0 Å². The number of likely N-dealkylation sites (tertiary alicyclic amines) is 2. The van der Waals surface area contributed by atoms with E-state index in [9.17, 15) is 9.90 Å². The number of carbonyl (C=O) groups excluding carboxylic acids is 1. The monoisotopic (exact) mass is 520 g/mol. The number of ether oxygens (including phenoxy) is 1. The van der Waals surface area contributed by atoms with E-state index in [-0.39, 0.29) is 17.9 Å². The highest BCUT2D eigenvalue weighted by atomic mass is 35.5. The topological polar surface area (TPSA) is 110 Å². The summed E-state index contributed by atoms with van der Waals surface area (Å²) >= 11 is 6.44. The van der Waals surface area contributed by atoms with Crippen molar-refractivity contribution in [3.8, 4) is 28.7 Å². The molecule has 1 amide bonds. The van der Waals surface area contributed by atoms with E-state index in [0.29, 0.717) is 40.7 Å². The quantitative estimate of drug-likeness (QED) is 0.401. The third-order valence-electron chi connectivity index (χ3n) is 7.24.